The lowest BCUT2D eigenvalue weighted by Gasteiger charge is -2.10. The number of nitrogens with one attached hydrogen (secondary N) is 1. The number of hydrogen-bond acceptors (Lipinski definition) is 1. The summed E-state index contributed by atoms with van der Waals surface area (Å²) in [5, 5.41) is 10.5. The summed E-state index contributed by atoms with van der Waals surface area (Å²) in [6.07, 6.45) is 2.70. The zero-order valence-electron chi connectivity index (χ0n) is 11.2. The minimum Gasteiger partial charge on any atom is -0.478 e. The Morgan fingerprint density at radius 2 is 1.95 bits per heavy atom. The summed E-state index contributed by atoms with van der Waals surface area (Å²) in [4.78, 5) is 14.7. The monoisotopic (exact) mass is 265 g/mol. The smallest absolute Gasteiger partial charge is 0.336 e. The maximum atomic E-state index is 11.5. The van der Waals surface area contributed by atoms with Gasteiger partial charge in [-0.1, -0.05) is 37.3 Å². The summed E-state index contributed by atoms with van der Waals surface area (Å²) >= 11 is 0. The fourth-order valence-corrected chi connectivity index (χ4v) is 2.67. The molecular weight excluding hydrogens is 250 g/mol. The Balaban J connectivity index is 2.36. The Morgan fingerprint density at radius 1 is 1.15 bits per heavy atom. The van der Waals surface area contributed by atoms with Gasteiger partial charge < -0.3 is 10.1 Å². The van der Waals surface area contributed by atoms with Crippen LogP contribution in [0.3, 0.4) is 0 Å². The van der Waals surface area contributed by atoms with Crippen molar-refractivity contribution in [3.05, 3.63) is 59.8 Å². The Morgan fingerprint density at radius 3 is 2.70 bits per heavy atom. The number of hydrogen-bond donors (Lipinski definition) is 2. The van der Waals surface area contributed by atoms with Crippen LogP contribution in [0.25, 0.3) is 22.0 Å². The first-order valence-corrected chi connectivity index (χ1v) is 6.64. The van der Waals surface area contributed by atoms with Crippen LogP contribution in [0, 0.1) is 0 Å². The fraction of sp³-hybridized carbons (Fsp3) is 0.118. The van der Waals surface area contributed by atoms with E-state index in [1.807, 2.05) is 43.5 Å². The predicted molar refractivity (Wildman–Crippen MR) is 80.1 cm³/mol. The molecule has 20 heavy (non-hydrogen) atoms. The van der Waals surface area contributed by atoms with Crippen molar-refractivity contribution in [3.63, 3.8) is 0 Å². The molecule has 0 radical (unpaired) electrons. The summed E-state index contributed by atoms with van der Waals surface area (Å²) in [5.74, 6) is -0.888. The molecule has 1 aromatic heterocycles. The zero-order chi connectivity index (χ0) is 14.1. The van der Waals surface area contributed by atoms with E-state index >= 15 is 0 Å². The minimum atomic E-state index is -0.888. The molecule has 0 atom stereocenters. The lowest BCUT2D eigenvalue weighted by atomic mass is 9.93. The molecule has 2 aromatic carbocycles. The third-order valence-corrected chi connectivity index (χ3v) is 3.62. The van der Waals surface area contributed by atoms with E-state index in [1.165, 1.54) is 0 Å². The summed E-state index contributed by atoms with van der Waals surface area (Å²) < 4.78 is 0. The standard InChI is InChI=1S/C17H15NO2/c1-2-11-6-5-8-13(17(19)20)16(11)14-10-18-15-9-4-3-7-12(14)15/h3-10,18H,2H2,1H3,(H,19,20). The van der Waals surface area contributed by atoms with Gasteiger partial charge in [-0.3, -0.25) is 0 Å². The lowest BCUT2D eigenvalue weighted by molar-refractivity contribution is 0.0697. The van der Waals surface area contributed by atoms with Gasteiger partial charge in [0.1, 0.15) is 0 Å². The molecule has 2 N–H and O–H groups in total. The van der Waals surface area contributed by atoms with Crippen molar-refractivity contribution in [2.24, 2.45) is 0 Å². The Labute approximate surface area is 116 Å². The van der Waals surface area contributed by atoms with Crippen LogP contribution in [-0.2, 0) is 6.42 Å². The third-order valence-electron chi connectivity index (χ3n) is 3.62. The first-order chi connectivity index (χ1) is 9.72. The SMILES string of the molecule is CCc1cccc(C(=O)O)c1-c1c[nH]c2ccccc12. The van der Waals surface area contributed by atoms with E-state index in [0.717, 1.165) is 34.0 Å². The first kappa shape index (κ1) is 12.5. The van der Waals surface area contributed by atoms with Gasteiger partial charge in [0.25, 0.3) is 0 Å². The highest BCUT2D eigenvalue weighted by molar-refractivity contribution is 6.04. The van der Waals surface area contributed by atoms with E-state index in [4.69, 9.17) is 0 Å². The second kappa shape index (κ2) is 4.85. The molecule has 0 saturated heterocycles. The van der Waals surface area contributed by atoms with Gasteiger partial charge in [0.2, 0.25) is 0 Å². The molecule has 3 nitrogen and oxygen atoms in total. The molecule has 0 saturated carbocycles. The van der Waals surface area contributed by atoms with Crippen LogP contribution in [0.5, 0.6) is 0 Å². The highest BCUT2D eigenvalue weighted by Crippen LogP contribution is 2.34. The third kappa shape index (κ3) is 1.88. The number of carboxylic acids is 1. The molecule has 0 unspecified atom stereocenters. The molecule has 3 aromatic rings. The highest BCUT2D eigenvalue weighted by atomic mass is 16.4. The Hall–Kier alpha value is -2.55. The van der Waals surface area contributed by atoms with Crippen molar-refractivity contribution in [2.45, 2.75) is 13.3 Å². The topological polar surface area (TPSA) is 53.1 Å². The Bertz CT molecular complexity index is 787. The van der Waals surface area contributed by atoms with Crippen LogP contribution in [0.15, 0.2) is 48.7 Å². The number of aromatic nitrogens is 1. The molecule has 0 bridgehead atoms. The normalized spacial score (nSPS) is 10.8. The second-order valence-corrected chi connectivity index (χ2v) is 4.75. The van der Waals surface area contributed by atoms with Crippen LogP contribution >= 0.6 is 0 Å². The summed E-state index contributed by atoms with van der Waals surface area (Å²) in [6, 6.07) is 13.4. The summed E-state index contributed by atoms with van der Waals surface area (Å²) in [5.41, 5.74) is 4.20. The number of H-pyrrole nitrogens is 1. The van der Waals surface area contributed by atoms with E-state index in [9.17, 15) is 9.90 Å². The van der Waals surface area contributed by atoms with Crippen LogP contribution in [0.2, 0.25) is 0 Å². The maximum Gasteiger partial charge on any atom is 0.336 e. The molecule has 1 heterocycles. The molecule has 0 aliphatic heterocycles. The lowest BCUT2D eigenvalue weighted by Crippen LogP contribution is -2.02. The second-order valence-electron chi connectivity index (χ2n) is 4.75. The van der Waals surface area contributed by atoms with Gasteiger partial charge >= 0.3 is 5.97 Å². The van der Waals surface area contributed by atoms with Gasteiger partial charge in [-0.25, -0.2) is 4.79 Å². The summed E-state index contributed by atoms with van der Waals surface area (Å²) in [6.45, 7) is 2.04. The van der Waals surface area contributed by atoms with Crippen molar-refractivity contribution >= 4 is 16.9 Å². The molecule has 0 amide bonds. The molecule has 3 heteroatoms. The molecule has 100 valence electrons. The number of fused-ring (bicyclic) bond motifs is 1. The van der Waals surface area contributed by atoms with Crippen molar-refractivity contribution in [3.8, 4) is 11.1 Å². The van der Waals surface area contributed by atoms with Gasteiger partial charge in [-0.2, -0.15) is 0 Å². The minimum absolute atomic E-state index is 0.356. The number of rotatable bonds is 3. The van der Waals surface area contributed by atoms with Crippen LogP contribution in [0.4, 0.5) is 0 Å². The van der Waals surface area contributed by atoms with Crippen molar-refractivity contribution in [1.82, 2.24) is 4.98 Å². The molecule has 0 spiro atoms. The molecule has 0 aliphatic carbocycles. The molecule has 3 rings (SSSR count). The van der Waals surface area contributed by atoms with Gasteiger partial charge in [0, 0.05) is 28.2 Å². The van der Waals surface area contributed by atoms with Gasteiger partial charge in [0.05, 0.1) is 5.56 Å². The van der Waals surface area contributed by atoms with E-state index in [1.54, 1.807) is 12.1 Å². The van der Waals surface area contributed by atoms with Gasteiger partial charge in [0.15, 0.2) is 0 Å². The maximum absolute atomic E-state index is 11.5. The average molecular weight is 265 g/mol. The number of carbonyl (C=O) groups is 1. The van der Waals surface area contributed by atoms with E-state index in [0.29, 0.717) is 5.56 Å². The van der Waals surface area contributed by atoms with Crippen molar-refractivity contribution in [1.29, 1.82) is 0 Å². The van der Waals surface area contributed by atoms with Crippen LogP contribution in [-0.4, -0.2) is 16.1 Å². The first-order valence-electron chi connectivity index (χ1n) is 6.64. The van der Waals surface area contributed by atoms with Gasteiger partial charge in [-0.15, -0.1) is 0 Å². The Kier molecular flexibility index (Phi) is 3.03. The molecular formula is C17H15NO2. The summed E-state index contributed by atoms with van der Waals surface area (Å²) in [7, 11) is 0. The number of aromatic amines is 1. The van der Waals surface area contributed by atoms with E-state index in [-0.39, 0.29) is 0 Å². The quantitative estimate of drug-likeness (QED) is 0.749. The van der Waals surface area contributed by atoms with Gasteiger partial charge in [-0.05, 0) is 24.1 Å². The predicted octanol–water partition coefficient (Wildman–Crippen LogP) is 4.10. The number of aromatic carboxylic acids is 1. The van der Waals surface area contributed by atoms with E-state index in [2.05, 4.69) is 4.98 Å². The number of aryl methyl sites for hydroxylation is 1. The zero-order valence-corrected chi connectivity index (χ0v) is 11.2. The fourth-order valence-electron chi connectivity index (χ4n) is 2.67. The van der Waals surface area contributed by atoms with Crippen molar-refractivity contribution < 1.29 is 9.90 Å². The highest BCUT2D eigenvalue weighted by Gasteiger charge is 2.17. The number of para-hydroxylation sites is 1. The van der Waals surface area contributed by atoms with Crippen LogP contribution in [0.1, 0.15) is 22.8 Å². The average Bonchev–Trinajstić information content (AvgIpc) is 2.90. The van der Waals surface area contributed by atoms with E-state index < -0.39 is 5.97 Å². The van der Waals surface area contributed by atoms with Crippen molar-refractivity contribution in [2.75, 3.05) is 0 Å². The largest absolute Gasteiger partial charge is 0.478 e. The molecule has 0 aliphatic rings. The van der Waals surface area contributed by atoms with Crippen LogP contribution < -0.4 is 0 Å². The molecule has 0 fully saturated rings. The number of carboxylic acid groups (broad SMARTS) is 1. The number of benzene rings is 2.